The van der Waals surface area contributed by atoms with Gasteiger partial charge in [-0.2, -0.15) is 0 Å². The Bertz CT molecular complexity index is 293. The molecule has 4 unspecified atom stereocenters. The molecule has 0 aromatic heterocycles. The molecule has 0 aromatic carbocycles. The van der Waals surface area contributed by atoms with Gasteiger partial charge in [0.15, 0.2) is 0 Å². The largest absolute Gasteiger partial charge is 0.378 e. The van der Waals surface area contributed by atoms with Crippen LogP contribution in [0.3, 0.4) is 0 Å². The van der Waals surface area contributed by atoms with Crippen LogP contribution in [0, 0.1) is 5.41 Å². The average molecular weight is 288 g/mol. The average Bonchev–Trinajstić information content (AvgIpc) is 3.25. The first-order valence-electron chi connectivity index (χ1n) is 7.24. The van der Waals surface area contributed by atoms with E-state index in [2.05, 4.69) is 6.92 Å². The topological polar surface area (TPSA) is 65.3 Å². The van der Waals surface area contributed by atoms with Gasteiger partial charge in [0.2, 0.25) is 0 Å². The molecule has 0 saturated carbocycles. The van der Waals surface area contributed by atoms with Gasteiger partial charge < -0.3 is 28.4 Å². The van der Waals surface area contributed by atoms with Crippen LogP contribution in [0.2, 0.25) is 0 Å². The first-order valence-corrected chi connectivity index (χ1v) is 7.24. The van der Waals surface area contributed by atoms with Crippen LogP contribution in [0.1, 0.15) is 6.92 Å². The molecule has 0 aromatic rings. The highest BCUT2D eigenvalue weighted by atomic mass is 16.6. The fraction of sp³-hybridized carbons (Fsp3) is 1.00. The van der Waals surface area contributed by atoms with Gasteiger partial charge in [-0.05, 0) is 0 Å². The number of rotatable bonds is 11. The fourth-order valence-electron chi connectivity index (χ4n) is 2.50. The van der Waals surface area contributed by atoms with Crippen LogP contribution in [-0.4, -0.2) is 77.8 Å². The van der Waals surface area contributed by atoms with Crippen LogP contribution in [-0.2, 0) is 28.4 Å². The number of ether oxygens (including phenoxy) is 6. The van der Waals surface area contributed by atoms with E-state index in [1.165, 1.54) is 0 Å². The van der Waals surface area contributed by atoms with Crippen molar-refractivity contribution in [3.8, 4) is 0 Å². The van der Waals surface area contributed by atoms with E-state index >= 15 is 0 Å². The zero-order valence-electron chi connectivity index (χ0n) is 12.2. The van der Waals surface area contributed by atoms with Crippen LogP contribution < -0.4 is 0 Å². The molecule has 3 aliphatic heterocycles. The second-order valence-corrected chi connectivity index (χ2v) is 6.12. The monoisotopic (exact) mass is 288 g/mol. The van der Waals surface area contributed by atoms with Crippen molar-refractivity contribution in [1.29, 1.82) is 0 Å². The Kier molecular flexibility index (Phi) is 4.59. The van der Waals surface area contributed by atoms with E-state index < -0.39 is 0 Å². The maximum atomic E-state index is 5.78. The Morgan fingerprint density at radius 1 is 1.00 bits per heavy atom. The van der Waals surface area contributed by atoms with Crippen molar-refractivity contribution in [1.82, 2.24) is 0 Å². The summed E-state index contributed by atoms with van der Waals surface area (Å²) in [6.07, 6.45) is 0.700. The Labute approximate surface area is 119 Å². The minimum absolute atomic E-state index is 0.0113. The zero-order chi connectivity index (χ0) is 14.0. The Morgan fingerprint density at radius 3 is 1.85 bits per heavy atom. The third-order valence-corrected chi connectivity index (χ3v) is 3.91. The van der Waals surface area contributed by atoms with Crippen molar-refractivity contribution in [2.24, 2.45) is 5.41 Å². The summed E-state index contributed by atoms with van der Waals surface area (Å²) in [5.74, 6) is 0. The summed E-state index contributed by atoms with van der Waals surface area (Å²) in [7, 11) is 1.72. The highest BCUT2D eigenvalue weighted by Crippen LogP contribution is 2.34. The molecule has 3 rings (SSSR count). The molecule has 3 heterocycles. The van der Waals surface area contributed by atoms with Crippen LogP contribution in [0.15, 0.2) is 0 Å². The maximum absolute atomic E-state index is 5.78. The second-order valence-electron chi connectivity index (χ2n) is 6.12. The van der Waals surface area contributed by atoms with Gasteiger partial charge in [-0.25, -0.2) is 0 Å². The third kappa shape index (κ3) is 4.13. The van der Waals surface area contributed by atoms with Gasteiger partial charge in [0, 0.05) is 12.5 Å². The highest BCUT2D eigenvalue weighted by Gasteiger charge is 2.46. The van der Waals surface area contributed by atoms with Crippen LogP contribution >= 0.6 is 0 Å². The van der Waals surface area contributed by atoms with E-state index in [0.29, 0.717) is 26.4 Å². The van der Waals surface area contributed by atoms with Gasteiger partial charge in [0.1, 0.15) is 18.3 Å². The summed E-state index contributed by atoms with van der Waals surface area (Å²) in [6.45, 7) is 6.95. The zero-order valence-corrected chi connectivity index (χ0v) is 12.2. The Hall–Kier alpha value is -0.240. The molecule has 20 heavy (non-hydrogen) atoms. The lowest BCUT2D eigenvalue weighted by molar-refractivity contribution is -0.106. The first kappa shape index (κ1) is 14.7. The summed E-state index contributed by atoms with van der Waals surface area (Å²) in [4.78, 5) is 0. The molecule has 0 amide bonds. The lowest BCUT2D eigenvalue weighted by atomic mass is 9.84. The SMILES string of the molecule is COC(C1CO1)C(C)(COCC1CO1)COCC1CO1. The summed E-state index contributed by atoms with van der Waals surface area (Å²) in [5.41, 5.74) is -0.223. The van der Waals surface area contributed by atoms with E-state index in [-0.39, 0.29) is 29.8 Å². The molecule has 3 aliphatic rings. The standard InChI is InChI=1S/C14H24O6/c1-14(8-16-3-10-5-18-10,9-17-4-11-6-19-11)13(15-2)12-7-20-12/h10-13H,3-9H2,1-2H3. The fourth-order valence-corrected chi connectivity index (χ4v) is 2.50. The molecule has 4 atom stereocenters. The van der Waals surface area contributed by atoms with Gasteiger partial charge in [0.05, 0.1) is 52.4 Å². The van der Waals surface area contributed by atoms with E-state index in [1.807, 2.05) is 0 Å². The summed E-state index contributed by atoms with van der Waals surface area (Å²) in [5, 5.41) is 0. The summed E-state index contributed by atoms with van der Waals surface area (Å²) in [6, 6.07) is 0. The lowest BCUT2D eigenvalue weighted by Gasteiger charge is -2.35. The van der Waals surface area contributed by atoms with E-state index in [4.69, 9.17) is 28.4 Å². The molecular weight excluding hydrogens is 264 g/mol. The van der Waals surface area contributed by atoms with Crippen molar-refractivity contribution in [3.05, 3.63) is 0 Å². The molecule has 0 aliphatic carbocycles. The normalized spacial score (nSPS) is 35.4. The molecule has 0 bridgehead atoms. The number of hydrogen-bond acceptors (Lipinski definition) is 6. The number of epoxide rings is 3. The van der Waals surface area contributed by atoms with Crippen molar-refractivity contribution in [2.45, 2.75) is 31.3 Å². The Balaban J connectivity index is 1.50. The molecule has 6 heteroatoms. The summed E-state index contributed by atoms with van der Waals surface area (Å²) >= 11 is 0. The second kappa shape index (κ2) is 6.25. The van der Waals surface area contributed by atoms with Crippen LogP contribution in [0.4, 0.5) is 0 Å². The molecule has 3 fully saturated rings. The van der Waals surface area contributed by atoms with E-state index in [1.54, 1.807) is 7.11 Å². The Morgan fingerprint density at radius 2 is 1.50 bits per heavy atom. The lowest BCUT2D eigenvalue weighted by Crippen LogP contribution is -2.45. The molecule has 3 saturated heterocycles. The van der Waals surface area contributed by atoms with Gasteiger partial charge in [-0.15, -0.1) is 0 Å². The predicted octanol–water partition coefficient (Wildman–Crippen LogP) is 0.237. The van der Waals surface area contributed by atoms with Gasteiger partial charge >= 0.3 is 0 Å². The van der Waals surface area contributed by atoms with Crippen molar-refractivity contribution in [3.63, 3.8) is 0 Å². The van der Waals surface area contributed by atoms with Crippen molar-refractivity contribution < 1.29 is 28.4 Å². The molecule has 0 spiro atoms. The van der Waals surface area contributed by atoms with E-state index in [9.17, 15) is 0 Å². The smallest absolute Gasteiger partial charge is 0.108 e. The van der Waals surface area contributed by atoms with Crippen molar-refractivity contribution in [2.75, 3.05) is 53.4 Å². The molecular formula is C14H24O6. The van der Waals surface area contributed by atoms with Gasteiger partial charge in [-0.1, -0.05) is 6.92 Å². The molecule has 6 nitrogen and oxygen atoms in total. The molecule has 116 valence electrons. The summed E-state index contributed by atoms with van der Waals surface area (Å²) < 4.78 is 32.9. The number of hydrogen-bond donors (Lipinski definition) is 0. The van der Waals surface area contributed by atoms with E-state index in [0.717, 1.165) is 19.8 Å². The predicted molar refractivity (Wildman–Crippen MR) is 69.8 cm³/mol. The molecule has 0 radical (unpaired) electrons. The minimum Gasteiger partial charge on any atom is -0.378 e. The number of methoxy groups -OCH3 is 1. The van der Waals surface area contributed by atoms with Crippen LogP contribution in [0.5, 0.6) is 0 Å². The first-order chi connectivity index (χ1) is 9.71. The van der Waals surface area contributed by atoms with Crippen LogP contribution in [0.25, 0.3) is 0 Å². The maximum Gasteiger partial charge on any atom is 0.108 e. The minimum atomic E-state index is -0.223. The third-order valence-electron chi connectivity index (χ3n) is 3.91. The van der Waals surface area contributed by atoms with Gasteiger partial charge in [-0.3, -0.25) is 0 Å². The van der Waals surface area contributed by atoms with Crippen molar-refractivity contribution >= 4 is 0 Å². The quantitative estimate of drug-likeness (QED) is 0.507. The molecule has 0 N–H and O–H groups in total. The highest BCUT2D eigenvalue weighted by molar-refractivity contribution is 4.94. The van der Waals surface area contributed by atoms with Gasteiger partial charge in [0.25, 0.3) is 0 Å².